The molecule has 1 rings (SSSR count). The summed E-state index contributed by atoms with van der Waals surface area (Å²) in [5, 5.41) is 9.59. The first-order chi connectivity index (χ1) is 9.51. The van der Waals surface area contributed by atoms with E-state index in [4.69, 9.17) is 16.3 Å². The fourth-order valence-corrected chi connectivity index (χ4v) is 2.12. The van der Waals surface area contributed by atoms with Crippen molar-refractivity contribution < 1.29 is 19.4 Å². The van der Waals surface area contributed by atoms with E-state index in [9.17, 15) is 14.7 Å². The Labute approximate surface area is 129 Å². The summed E-state index contributed by atoms with van der Waals surface area (Å²) in [6.07, 6.45) is -0.0175. The van der Waals surface area contributed by atoms with Crippen LogP contribution in [0.3, 0.4) is 0 Å². The molecule has 21 heavy (non-hydrogen) atoms. The fraction of sp³-hybridized carbons (Fsp3) is 0.467. The van der Waals surface area contributed by atoms with E-state index >= 15 is 0 Å². The first-order valence-electron chi connectivity index (χ1n) is 6.43. The second-order valence-corrected chi connectivity index (χ2v) is 6.38. The van der Waals surface area contributed by atoms with E-state index < -0.39 is 17.2 Å². The van der Waals surface area contributed by atoms with Crippen LogP contribution in [0.4, 0.5) is 4.79 Å². The van der Waals surface area contributed by atoms with Crippen LogP contribution in [0, 0.1) is 0 Å². The normalized spacial score (nSPS) is 14.2. The summed E-state index contributed by atoms with van der Waals surface area (Å²) in [7, 11) is 1.46. The van der Waals surface area contributed by atoms with Crippen molar-refractivity contribution in [2.75, 3.05) is 7.05 Å². The van der Waals surface area contributed by atoms with Crippen molar-refractivity contribution in [3.63, 3.8) is 0 Å². The number of aldehydes is 1. The lowest BCUT2D eigenvalue weighted by molar-refractivity contribution is -0.117. The zero-order valence-corrected chi connectivity index (χ0v) is 13.6. The summed E-state index contributed by atoms with van der Waals surface area (Å²) in [5.74, 6) is -0.0167. The molecule has 0 saturated heterocycles. The van der Waals surface area contributed by atoms with Gasteiger partial charge < -0.3 is 14.6 Å². The van der Waals surface area contributed by atoms with Gasteiger partial charge in [0, 0.05) is 12.6 Å². The van der Waals surface area contributed by atoms with Gasteiger partial charge in [0.1, 0.15) is 23.2 Å². The summed E-state index contributed by atoms with van der Waals surface area (Å²) in [6, 6.07) is 4.24. The molecule has 0 saturated carbocycles. The molecule has 1 amide bonds. The standard InChI is InChI=1S/C15H20ClNO4/c1-14(2,3)21-13(20)17(5)15(4,9-18)11-7-6-10(19)8-12(11)16/h6-9,19H,1-5H3. The van der Waals surface area contributed by atoms with Gasteiger partial charge in [-0.3, -0.25) is 4.90 Å². The molecule has 0 aliphatic heterocycles. The predicted molar refractivity (Wildman–Crippen MR) is 80.5 cm³/mol. The average Bonchev–Trinajstić information content (AvgIpc) is 2.34. The molecule has 1 aromatic carbocycles. The Bertz CT molecular complexity index is 553. The predicted octanol–water partition coefficient (Wildman–Crippen LogP) is 3.33. The lowest BCUT2D eigenvalue weighted by atomic mass is 9.92. The molecule has 0 spiro atoms. The topological polar surface area (TPSA) is 66.8 Å². The maximum atomic E-state index is 12.2. The Morgan fingerprint density at radius 3 is 2.33 bits per heavy atom. The highest BCUT2D eigenvalue weighted by Crippen LogP contribution is 2.34. The number of phenolic OH excluding ortho intramolecular Hbond substituents is 1. The van der Waals surface area contributed by atoms with Gasteiger partial charge in [0.05, 0.1) is 5.02 Å². The Hall–Kier alpha value is -1.75. The fourth-order valence-electron chi connectivity index (χ4n) is 1.76. The number of likely N-dealkylation sites (N-methyl/N-ethyl adjacent to an activating group) is 1. The van der Waals surface area contributed by atoms with Crippen molar-refractivity contribution in [2.45, 2.75) is 38.8 Å². The number of amides is 1. The molecule has 0 heterocycles. The lowest BCUT2D eigenvalue weighted by Crippen LogP contribution is -2.48. The minimum Gasteiger partial charge on any atom is -0.508 e. The van der Waals surface area contributed by atoms with Gasteiger partial charge in [0.2, 0.25) is 0 Å². The number of rotatable bonds is 3. The van der Waals surface area contributed by atoms with Crippen molar-refractivity contribution in [3.8, 4) is 5.75 Å². The van der Waals surface area contributed by atoms with Gasteiger partial charge in [-0.2, -0.15) is 0 Å². The third-order valence-electron chi connectivity index (χ3n) is 3.09. The Balaban J connectivity index is 3.20. The summed E-state index contributed by atoms with van der Waals surface area (Å²) in [5.41, 5.74) is -1.56. The molecule has 1 unspecified atom stereocenters. The van der Waals surface area contributed by atoms with Crippen molar-refractivity contribution in [1.29, 1.82) is 0 Å². The SMILES string of the molecule is CN(C(=O)OC(C)(C)C)C(C)(C=O)c1ccc(O)cc1Cl. The number of carbonyl (C=O) groups is 2. The summed E-state index contributed by atoms with van der Waals surface area (Å²) in [4.78, 5) is 25.0. The molecule has 0 radical (unpaired) electrons. The highest BCUT2D eigenvalue weighted by molar-refractivity contribution is 6.31. The number of ether oxygens (including phenoxy) is 1. The minimum atomic E-state index is -1.30. The monoisotopic (exact) mass is 313 g/mol. The third kappa shape index (κ3) is 3.88. The molecule has 0 aliphatic carbocycles. The van der Waals surface area contributed by atoms with Crippen molar-refractivity contribution in [3.05, 3.63) is 28.8 Å². The number of halogens is 1. The van der Waals surface area contributed by atoms with Gasteiger partial charge in [0.15, 0.2) is 0 Å². The summed E-state index contributed by atoms with van der Waals surface area (Å²) in [6.45, 7) is 6.78. The Morgan fingerprint density at radius 1 is 1.33 bits per heavy atom. The average molecular weight is 314 g/mol. The van der Waals surface area contributed by atoms with E-state index in [-0.39, 0.29) is 10.8 Å². The molecule has 0 fully saturated rings. The quantitative estimate of drug-likeness (QED) is 0.869. The minimum absolute atomic E-state index is 0.0167. The van der Waals surface area contributed by atoms with E-state index in [1.165, 1.54) is 30.1 Å². The van der Waals surface area contributed by atoms with Crippen LogP contribution in [0.25, 0.3) is 0 Å². The number of aromatic hydroxyl groups is 1. The van der Waals surface area contributed by atoms with E-state index in [2.05, 4.69) is 0 Å². The molecule has 0 aliphatic rings. The second-order valence-electron chi connectivity index (χ2n) is 5.97. The molecule has 0 bridgehead atoms. The first kappa shape index (κ1) is 17.3. The number of carbonyl (C=O) groups excluding carboxylic acids is 2. The van der Waals surface area contributed by atoms with Crippen LogP contribution in [0.2, 0.25) is 5.02 Å². The molecular weight excluding hydrogens is 294 g/mol. The first-order valence-corrected chi connectivity index (χ1v) is 6.81. The van der Waals surface area contributed by atoms with Crippen LogP contribution in [-0.2, 0) is 15.1 Å². The highest BCUT2D eigenvalue weighted by Gasteiger charge is 2.38. The Kier molecular flexibility index (Phi) is 4.89. The lowest BCUT2D eigenvalue weighted by Gasteiger charge is -2.36. The summed E-state index contributed by atoms with van der Waals surface area (Å²) >= 11 is 6.08. The van der Waals surface area contributed by atoms with Crippen molar-refractivity contribution >= 4 is 24.0 Å². The van der Waals surface area contributed by atoms with Crippen molar-refractivity contribution in [1.82, 2.24) is 4.90 Å². The van der Waals surface area contributed by atoms with E-state index in [0.717, 1.165) is 0 Å². The van der Waals surface area contributed by atoms with Crippen LogP contribution in [-0.4, -0.2) is 35.0 Å². The summed E-state index contributed by atoms with van der Waals surface area (Å²) < 4.78 is 5.27. The maximum absolute atomic E-state index is 12.2. The van der Waals surface area contributed by atoms with Gasteiger partial charge in [-0.1, -0.05) is 17.7 Å². The molecule has 1 atom stereocenters. The van der Waals surface area contributed by atoms with Gasteiger partial charge in [-0.05, 0) is 39.8 Å². The highest BCUT2D eigenvalue weighted by atomic mass is 35.5. The molecule has 6 heteroatoms. The van der Waals surface area contributed by atoms with Crippen LogP contribution in [0.15, 0.2) is 18.2 Å². The molecule has 1 N–H and O–H groups in total. The third-order valence-corrected chi connectivity index (χ3v) is 3.40. The molecule has 5 nitrogen and oxygen atoms in total. The van der Waals surface area contributed by atoms with Gasteiger partial charge in [0.25, 0.3) is 0 Å². The van der Waals surface area contributed by atoms with Gasteiger partial charge in [-0.15, -0.1) is 0 Å². The van der Waals surface area contributed by atoms with Crippen LogP contribution >= 0.6 is 11.6 Å². The number of nitrogens with zero attached hydrogens (tertiary/aromatic N) is 1. The van der Waals surface area contributed by atoms with Gasteiger partial charge in [-0.25, -0.2) is 4.79 Å². The molecule has 1 aromatic rings. The number of hydrogen-bond acceptors (Lipinski definition) is 4. The zero-order valence-electron chi connectivity index (χ0n) is 12.8. The van der Waals surface area contributed by atoms with Crippen LogP contribution in [0.5, 0.6) is 5.75 Å². The number of benzene rings is 1. The molecule has 116 valence electrons. The number of phenols is 1. The molecule has 0 aromatic heterocycles. The zero-order chi connectivity index (χ0) is 16.4. The van der Waals surface area contributed by atoms with Crippen molar-refractivity contribution in [2.24, 2.45) is 0 Å². The van der Waals surface area contributed by atoms with Crippen LogP contribution in [0.1, 0.15) is 33.3 Å². The van der Waals surface area contributed by atoms with Crippen LogP contribution < -0.4 is 0 Å². The molecular formula is C15H20ClNO4. The number of hydrogen-bond donors (Lipinski definition) is 1. The Morgan fingerprint density at radius 2 is 1.90 bits per heavy atom. The van der Waals surface area contributed by atoms with E-state index in [1.807, 2.05) is 0 Å². The smallest absolute Gasteiger partial charge is 0.411 e. The largest absolute Gasteiger partial charge is 0.508 e. The van der Waals surface area contributed by atoms with Gasteiger partial charge >= 0.3 is 6.09 Å². The van der Waals surface area contributed by atoms with E-state index in [0.29, 0.717) is 11.8 Å². The van der Waals surface area contributed by atoms with E-state index in [1.54, 1.807) is 27.7 Å². The second kappa shape index (κ2) is 5.93. The maximum Gasteiger partial charge on any atom is 0.411 e.